The molecule has 52 heavy (non-hydrogen) atoms. The number of hydrogen-bond donors (Lipinski definition) is 3. The topological polar surface area (TPSA) is 166 Å². The van der Waals surface area contributed by atoms with Crippen LogP contribution in [0.1, 0.15) is 168 Å². The average Bonchev–Trinajstić information content (AvgIpc) is 3.11. The molecule has 0 aliphatic heterocycles. The monoisotopic (exact) mass is 760 g/mol. The standard InChI is InChI=1S/C40H73O11P/c1-4-5-21-27-36(42)28-23-18-14-10-8-12-16-20-25-30-40(45)51-38(34-50-52(46,47)49-32-37(43)31-41)33-48-39(44)29-24-19-15-11-7-6-9-13-17-22-26-35(2)3/h14,18,23,28,35,37-38,41,43H,4-13,15-17,19-22,24-27,29-34H2,1-3H3,(H,46,47)/b18-14-,28-23+/t37-,38+/m0/s1. The van der Waals surface area contributed by atoms with Gasteiger partial charge in [0.15, 0.2) is 11.9 Å². The van der Waals surface area contributed by atoms with Crippen LogP contribution in [0, 0.1) is 5.92 Å². The van der Waals surface area contributed by atoms with Gasteiger partial charge < -0.3 is 24.6 Å². The summed E-state index contributed by atoms with van der Waals surface area (Å²) in [5.74, 6) is -0.0395. The zero-order chi connectivity index (χ0) is 38.7. The molecule has 0 aliphatic rings. The van der Waals surface area contributed by atoms with E-state index in [-0.39, 0.29) is 25.2 Å². The molecule has 0 rings (SSSR count). The van der Waals surface area contributed by atoms with Crippen LogP contribution in [0.3, 0.4) is 0 Å². The fourth-order valence-corrected chi connectivity index (χ4v) is 6.12. The lowest BCUT2D eigenvalue weighted by Gasteiger charge is -2.20. The summed E-state index contributed by atoms with van der Waals surface area (Å²) in [6.45, 7) is 4.46. The highest BCUT2D eigenvalue weighted by molar-refractivity contribution is 7.47. The van der Waals surface area contributed by atoms with Gasteiger partial charge in [0.05, 0.1) is 19.8 Å². The van der Waals surface area contributed by atoms with Gasteiger partial charge in [0.2, 0.25) is 0 Å². The summed E-state index contributed by atoms with van der Waals surface area (Å²) < 4.78 is 32.6. The van der Waals surface area contributed by atoms with Crippen molar-refractivity contribution in [2.45, 2.75) is 181 Å². The van der Waals surface area contributed by atoms with Gasteiger partial charge in [-0.05, 0) is 44.1 Å². The van der Waals surface area contributed by atoms with Crippen LogP contribution in [0.5, 0.6) is 0 Å². The van der Waals surface area contributed by atoms with Crippen LogP contribution in [-0.2, 0) is 37.5 Å². The normalized spacial score (nSPS) is 14.2. The maximum absolute atomic E-state index is 12.6. The van der Waals surface area contributed by atoms with Crippen LogP contribution in [0.25, 0.3) is 0 Å². The fourth-order valence-electron chi connectivity index (χ4n) is 5.33. The zero-order valence-corrected chi connectivity index (χ0v) is 33.6. The Labute approximate surface area is 314 Å². The van der Waals surface area contributed by atoms with E-state index >= 15 is 0 Å². The highest BCUT2D eigenvalue weighted by Gasteiger charge is 2.27. The molecule has 0 aromatic heterocycles. The van der Waals surface area contributed by atoms with E-state index in [0.29, 0.717) is 19.3 Å². The number of aliphatic hydroxyl groups excluding tert-OH is 2. The van der Waals surface area contributed by atoms with Crippen LogP contribution < -0.4 is 0 Å². The number of unbranched alkanes of at least 4 members (excludes halogenated alkanes) is 16. The molecule has 3 atom stereocenters. The Morgan fingerprint density at radius 2 is 1.21 bits per heavy atom. The van der Waals surface area contributed by atoms with Crippen molar-refractivity contribution in [3.63, 3.8) is 0 Å². The molecule has 0 saturated heterocycles. The molecule has 12 heteroatoms. The third-order valence-electron chi connectivity index (χ3n) is 8.51. The smallest absolute Gasteiger partial charge is 0.462 e. The molecule has 304 valence electrons. The largest absolute Gasteiger partial charge is 0.472 e. The van der Waals surface area contributed by atoms with Crippen molar-refractivity contribution >= 4 is 25.5 Å². The van der Waals surface area contributed by atoms with Crippen LogP contribution in [-0.4, -0.2) is 71.5 Å². The second kappa shape index (κ2) is 34.9. The van der Waals surface area contributed by atoms with Crippen molar-refractivity contribution in [2.75, 3.05) is 26.4 Å². The van der Waals surface area contributed by atoms with Crippen LogP contribution in [0.15, 0.2) is 24.3 Å². The Balaban J connectivity index is 4.41. The van der Waals surface area contributed by atoms with Gasteiger partial charge >= 0.3 is 19.8 Å². The first kappa shape index (κ1) is 50.1. The lowest BCUT2D eigenvalue weighted by molar-refractivity contribution is -0.161. The number of phosphoric ester groups is 1. The average molecular weight is 761 g/mol. The number of phosphoric acid groups is 1. The molecule has 0 fully saturated rings. The van der Waals surface area contributed by atoms with Crippen LogP contribution >= 0.6 is 7.82 Å². The van der Waals surface area contributed by atoms with Crippen LogP contribution in [0.2, 0.25) is 0 Å². The molecule has 1 unspecified atom stereocenters. The minimum absolute atomic E-state index is 0.134. The minimum Gasteiger partial charge on any atom is -0.462 e. The van der Waals surface area contributed by atoms with E-state index in [4.69, 9.17) is 19.1 Å². The third-order valence-corrected chi connectivity index (χ3v) is 9.46. The van der Waals surface area contributed by atoms with Gasteiger partial charge in [-0.25, -0.2) is 4.57 Å². The van der Waals surface area contributed by atoms with Gasteiger partial charge in [0.1, 0.15) is 12.7 Å². The maximum atomic E-state index is 12.6. The highest BCUT2D eigenvalue weighted by atomic mass is 31.2. The number of ketones is 1. The van der Waals surface area contributed by atoms with Crippen molar-refractivity contribution in [1.29, 1.82) is 0 Å². The second-order valence-corrected chi connectivity index (χ2v) is 15.6. The molecular formula is C40H73O11P. The molecule has 0 radical (unpaired) electrons. The summed E-state index contributed by atoms with van der Waals surface area (Å²) >= 11 is 0. The summed E-state index contributed by atoms with van der Waals surface area (Å²) in [4.78, 5) is 46.6. The predicted octanol–water partition coefficient (Wildman–Crippen LogP) is 9.26. The van der Waals surface area contributed by atoms with Gasteiger partial charge in [-0.3, -0.25) is 23.4 Å². The lowest BCUT2D eigenvalue weighted by Crippen LogP contribution is -2.29. The Bertz CT molecular complexity index is 998. The number of carbonyl (C=O) groups excluding carboxylic acids is 3. The summed E-state index contributed by atoms with van der Waals surface area (Å²) in [5.41, 5.74) is 0. The molecule has 0 heterocycles. The van der Waals surface area contributed by atoms with Crippen molar-refractivity contribution in [1.82, 2.24) is 0 Å². The van der Waals surface area contributed by atoms with E-state index < -0.39 is 51.8 Å². The lowest BCUT2D eigenvalue weighted by atomic mass is 10.0. The van der Waals surface area contributed by atoms with Crippen LogP contribution in [0.4, 0.5) is 0 Å². The summed E-state index contributed by atoms with van der Waals surface area (Å²) in [6, 6.07) is 0. The Hall–Kier alpha value is -1.88. The molecule has 0 aromatic rings. The molecule has 0 bridgehead atoms. The number of rotatable bonds is 37. The van der Waals surface area contributed by atoms with E-state index in [1.165, 1.54) is 44.9 Å². The number of esters is 2. The van der Waals surface area contributed by atoms with E-state index in [1.54, 1.807) is 12.2 Å². The first-order chi connectivity index (χ1) is 25.0. The highest BCUT2D eigenvalue weighted by Crippen LogP contribution is 2.43. The van der Waals surface area contributed by atoms with Crippen molar-refractivity contribution < 1.29 is 52.6 Å². The first-order valence-corrected chi connectivity index (χ1v) is 21.6. The van der Waals surface area contributed by atoms with Gasteiger partial charge in [0, 0.05) is 19.3 Å². The Kier molecular flexibility index (Phi) is 33.6. The van der Waals surface area contributed by atoms with Crippen molar-refractivity contribution in [3.8, 4) is 0 Å². The predicted molar refractivity (Wildman–Crippen MR) is 206 cm³/mol. The van der Waals surface area contributed by atoms with Gasteiger partial charge in [0.25, 0.3) is 0 Å². The molecule has 11 nitrogen and oxygen atoms in total. The van der Waals surface area contributed by atoms with Gasteiger partial charge in [-0.2, -0.15) is 0 Å². The van der Waals surface area contributed by atoms with E-state index in [0.717, 1.165) is 76.5 Å². The van der Waals surface area contributed by atoms with Gasteiger partial charge in [-0.1, -0.05) is 135 Å². The fraction of sp³-hybridized carbons (Fsp3) is 0.825. The molecular weight excluding hydrogens is 687 g/mol. The summed E-state index contributed by atoms with van der Waals surface area (Å²) in [7, 11) is -4.63. The number of allylic oxidation sites excluding steroid dienone is 4. The molecule has 0 aliphatic carbocycles. The maximum Gasteiger partial charge on any atom is 0.472 e. The Morgan fingerprint density at radius 1 is 0.673 bits per heavy atom. The SMILES string of the molecule is CCCCCC(=O)/C=C/C=C\CCCCCCCC(=O)O[C@H](COC(=O)CCCCCCCCCCCCC(C)C)COP(=O)(O)OC[C@@H](O)CO. The first-order valence-electron chi connectivity index (χ1n) is 20.1. The number of ether oxygens (including phenoxy) is 2. The van der Waals surface area contributed by atoms with E-state index in [2.05, 4.69) is 25.3 Å². The Morgan fingerprint density at radius 3 is 1.81 bits per heavy atom. The number of aliphatic hydroxyl groups is 2. The molecule has 3 N–H and O–H groups in total. The minimum atomic E-state index is -4.63. The van der Waals surface area contributed by atoms with Crippen molar-refractivity contribution in [2.24, 2.45) is 5.92 Å². The van der Waals surface area contributed by atoms with Gasteiger partial charge in [-0.15, -0.1) is 0 Å². The van der Waals surface area contributed by atoms with Crippen molar-refractivity contribution in [3.05, 3.63) is 24.3 Å². The summed E-state index contributed by atoms with van der Waals surface area (Å²) in [5, 5.41) is 18.3. The zero-order valence-electron chi connectivity index (χ0n) is 32.7. The third kappa shape index (κ3) is 35.2. The molecule has 0 amide bonds. The number of hydrogen-bond acceptors (Lipinski definition) is 10. The second-order valence-electron chi connectivity index (χ2n) is 14.2. The van der Waals surface area contributed by atoms with E-state index in [9.17, 15) is 28.9 Å². The number of carbonyl (C=O) groups is 3. The summed E-state index contributed by atoms with van der Waals surface area (Å²) in [6.07, 6.45) is 27.1. The quantitative estimate of drug-likeness (QED) is 0.0182. The van der Waals surface area contributed by atoms with E-state index in [1.807, 2.05) is 12.2 Å². The molecule has 0 aromatic carbocycles. The molecule has 0 saturated carbocycles. The molecule has 0 spiro atoms.